The summed E-state index contributed by atoms with van der Waals surface area (Å²) in [6.07, 6.45) is -1.54. The van der Waals surface area contributed by atoms with Crippen molar-refractivity contribution < 1.29 is 32.2 Å². The predicted octanol–water partition coefficient (Wildman–Crippen LogP) is 2.11. The van der Waals surface area contributed by atoms with Crippen LogP contribution < -0.4 is 4.74 Å². The maximum absolute atomic E-state index is 12.9. The van der Waals surface area contributed by atoms with Gasteiger partial charge >= 0.3 is 6.18 Å². The number of likely N-dealkylation sites (tertiary alicyclic amines) is 2. The van der Waals surface area contributed by atoms with E-state index >= 15 is 0 Å². The number of pyridine rings is 1. The highest BCUT2D eigenvalue weighted by molar-refractivity contribution is 5.89. The number of aromatic nitrogens is 1. The first-order valence-corrected chi connectivity index (χ1v) is 10.2. The van der Waals surface area contributed by atoms with Gasteiger partial charge in [-0.15, -0.1) is 0 Å². The van der Waals surface area contributed by atoms with Gasteiger partial charge in [0.05, 0.1) is 18.0 Å². The van der Waals surface area contributed by atoms with Crippen LogP contribution in [0.3, 0.4) is 0 Å². The van der Waals surface area contributed by atoms with Gasteiger partial charge in [0.1, 0.15) is 6.10 Å². The Labute approximate surface area is 172 Å². The molecule has 4 rings (SSSR count). The van der Waals surface area contributed by atoms with E-state index in [9.17, 15) is 22.8 Å². The minimum absolute atomic E-state index is 0.000382. The molecule has 0 spiro atoms. The molecule has 0 aliphatic carbocycles. The van der Waals surface area contributed by atoms with Gasteiger partial charge in [-0.2, -0.15) is 13.2 Å². The third kappa shape index (κ3) is 4.53. The van der Waals surface area contributed by atoms with Crippen molar-refractivity contribution in [3.05, 3.63) is 23.9 Å². The normalized spacial score (nSPS) is 25.8. The number of amides is 2. The molecule has 2 amide bonds. The van der Waals surface area contributed by atoms with Crippen molar-refractivity contribution in [3.63, 3.8) is 0 Å². The van der Waals surface area contributed by atoms with Gasteiger partial charge in [0.2, 0.25) is 17.7 Å². The van der Waals surface area contributed by atoms with E-state index in [2.05, 4.69) is 4.98 Å². The van der Waals surface area contributed by atoms with Crippen LogP contribution in [0.1, 0.15) is 31.2 Å². The second-order valence-corrected chi connectivity index (χ2v) is 7.98. The largest absolute Gasteiger partial charge is 0.472 e. The number of rotatable bonds is 4. The highest BCUT2D eigenvalue weighted by Crippen LogP contribution is 2.31. The lowest BCUT2D eigenvalue weighted by Gasteiger charge is -2.31. The lowest BCUT2D eigenvalue weighted by atomic mass is 10.1. The quantitative estimate of drug-likeness (QED) is 0.736. The Morgan fingerprint density at radius 1 is 1.20 bits per heavy atom. The number of ether oxygens (including phenoxy) is 2. The standard InChI is InChI=1S/C20H24F3N3O4/c21-20(22,23)14-1-5-24-17(10-14)30-16-2-6-25(12-16)19(28)13-9-18(27)26(11-13)15-3-7-29-8-4-15/h1,5,10,13,15-16H,2-4,6-9,11-12H2. The van der Waals surface area contributed by atoms with E-state index in [4.69, 9.17) is 9.47 Å². The average molecular weight is 427 g/mol. The molecule has 2 unspecified atom stereocenters. The summed E-state index contributed by atoms with van der Waals surface area (Å²) in [7, 11) is 0. The van der Waals surface area contributed by atoms with Crippen LogP contribution in [0.4, 0.5) is 13.2 Å². The van der Waals surface area contributed by atoms with Crippen molar-refractivity contribution in [2.75, 3.05) is 32.8 Å². The van der Waals surface area contributed by atoms with Gasteiger partial charge in [0.25, 0.3) is 0 Å². The van der Waals surface area contributed by atoms with Crippen LogP contribution in [-0.4, -0.2) is 71.6 Å². The van der Waals surface area contributed by atoms with E-state index < -0.39 is 17.8 Å². The Morgan fingerprint density at radius 3 is 2.70 bits per heavy atom. The Bertz CT molecular complexity index is 798. The molecule has 0 saturated carbocycles. The zero-order chi connectivity index (χ0) is 21.3. The summed E-state index contributed by atoms with van der Waals surface area (Å²) in [5, 5.41) is 0. The molecule has 1 aromatic heterocycles. The van der Waals surface area contributed by atoms with Gasteiger partial charge < -0.3 is 19.3 Å². The maximum atomic E-state index is 12.9. The number of carbonyl (C=O) groups excluding carboxylic acids is 2. The summed E-state index contributed by atoms with van der Waals surface area (Å²) >= 11 is 0. The molecule has 2 atom stereocenters. The maximum Gasteiger partial charge on any atom is 0.416 e. The molecule has 3 saturated heterocycles. The number of hydrogen-bond acceptors (Lipinski definition) is 5. The molecule has 0 radical (unpaired) electrons. The van der Waals surface area contributed by atoms with E-state index in [1.54, 1.807) is 4.90 Å². The lowest BCUT2D eigenvalue weighted by molar-refractivity contribution is -0.137. The highest BCUT2D eigenvalue weighted by Gasteiger charge is 2.41. The van der Waals surface area contributed by atoms with Crippen molar-refractivity contribution in [2.24, 2.45) is 5.92 Å². The second-order valence-electron chi connectivity index (χ2n) is 7.98. The Hall–Kier alpha value is -2.36. The molecule has 164 valence electrons. The number of halogens is 3. The molecule has 3 aliphatic heterocycles. The van der Waals surface area contributed by atoms with Gasteiger partial charge in [-0.1, -0.05) is 0 Å². The van der Waals surface area contributed by atoms with Crippen LogP contribution in [0.2, 0.25) is 0 Å². The smallest absolute Gasteiger partial charge is 0.416 e. The minimum atomic E-state index is -4.47. The van der Waals surface area contributed by atoms with Gasteiger partial charge in [-0.25, -0.2) is 4.98 Å². The zero-order valence-electron chi connectivity index (χ0n) is 16.4. The summed E-state index contributed by atoms with van der Waals surface area (Å²) in [6, 6.07) is 1.88. The SMILES string of the molecule is O=C(C1CC(=O)N(C2CCOCC2)C1)N1CCC(Oc2cc(C(F)(F)F)ccn2)C1. The molecular formula is C20H24F3N3O4. The Balaban J connectivity index is 1.32. The van der Waals surface area contributed by atoms with E-state index in [-0.39, 0.29) is 42.6 Å². The van der Waals surface area contributed by atoms with Crippen LogP contribution >= 0.6 is 0 Å². The van der Waals surface area contributed by atoms with Crippen molar-refractivity contribution in [1.29, 1.82) is 0 Å². The lowest BCUT2D eigenvalue weighted by Crippen LogP contribution is -2.42. The van der Waals surface area contributed by atoms with E-state index in [0.717, 1.165) is 31.2 Å². The first-order valence-electron chi connectivity index (χ1n) is 10.2. The molecule has 30 heavy (non-hydrogen) atoms. The topological polar surface area (TPSA) is 72.0 Å². The average Bonchev–Trinajstić information content (AvgIpc) is 3.34. The van der Waals surface area contributed by atoms with Gasteiger partial charge in [-0.05, 0) is 18.9 Å². The molecule has 1 aromatic rings. The minimum Gasteiger partial charge on any atom is -0.472 e. The number of alkyl halides is 3. The van der Waals surface area contributed by atoms with Crippen molar-refractivity contribution in [1.82, 2.24) is 14.8 Å². The molecule has 3 aliphatic rings. The Kier molecular flexibility index (Phi) is 5.86. The summed E-state index contributed by atoms with van der Waals surface area (Å²) < 4.78 is 49.5. The number of nitrogens with zero attached hydrogens (tertiary/aromatic N) is 3. The van der Waals surface area contributed by atoms with Crippen LogP contribution in [0, 0.1) is 5.92 Å². The molecule has 0 bridgehead atoms. The molecule has 4 heterocycles. The number of hydrogen-bond donors (Lipinski definition) is 0. The van der Waals surface area contributed by atoms with E-state index in [0.29, 0.717) is 32.7 Å². The van der Waals surface area contributed by atoms with Crippen LogP contribution in [0.15, 0.2) is 18.3 Å². The van der Waals surface area contributed by atoms with Gasteiger partial charge in [0.15, 0.2) is 0 Å². The monoisotopic (exact) mass is 427 g/mol. The summed E-state index contributed by atoms with van der Waals surface area (Å²) in [5.74, 6) is -0.585. The molecule has 0 aromatic carbocycles. The van der Waals surface area contributed by atoms with Crippen molar-refractivity contribution >= 4 is 11.8 Å². The molecule has 3 fully saturated rings. The van der Waals surface area contributed by atoms with Crippen LogP contribution in [-0.2, 0) is 20.5 Å². The third-order valence-corrected chi connectivity index (χ3v) is 5.95. The first-order chi connectivity index (χ1) is 14.3. The van der Waals surface area contributed by atoms with E-state index in [1.807, 2.05) is 4.90 Å². The fourth-order valence-electron chi connectivity index (χ4n) is 4.35. The van der Waals surface area contributed by atoms with Gasteiger partial charge in [-0.3, -0.25) is 9.59 Å². The predicted molar refractivity (Wildman–Crippen MR) is 98.5 cm³/mol. The molecular weight excluding hydrogens is 403 g/mol. The zero-order valence-corrected chi connectivity index (χ0v) is 16.4. The highest BCUT2D eigenvalue weighted by atomic mass is 19.4. The number of carbonyl (C=O) groups is 2. The molecule has 0 N–H and O–H groups in total. The summed E-state index contributed by atoms with van der Waals surface area (Å²) in [6.45, 7) is 2.40. The molecule has 7 nitrogen and oxygen atoms in total. The van der Waals surface area contributed by atoms with Crippen LogP contribution in [0.25, 0.3) is 0 Å². The van der Waals surface area contributed by atoms with E-state index in [1.165, 1.54) is 0 Å². The van der Waals surface area contributed by atoms with Crippen molar-refractivity contribution in [2.45, 2.75) is 44.0 Å². The fourth-order valence-corrected chi connectivity index (χ4v) is 4.35. The first kappa shape index (κ1) is 20.9. The third-order valence-electron chi connectivity index (χ3n) is 5.95. The van der Waals surface area contributed by atoms with Crippen LogP contribution in [0.5, 0.6) is 5.88 Å². The van der Waals surface area contributed by atoms with Crippen molar-refractivity contribution in [3.8, 4) is 5.88 Å². The summed E-state index contributed by atoms with van der Waals surface area (Å²) in [4.78, 5) is 32.6. The summed E-state index contributed by atoms with van der Waals surface area (Å²) in [5.41, 5.74) is -0.823. The Morgan fingerprint density at radius 2 is 1.97 bits per heavy atom. The second kappa shape index (κ2) is 8.41. The fraction of sp³-hybridized carbons (Fsp3) is 0.650. The molecule has 10 heteroatoms. The van der Waals surface area contributed by atoms with Gasteiger partial charge in [0, 0.05) is 57.4 Å².